The summed E-state index contributed by atoms with van der Waals surface area (Å²) in [4.78, 5) is 30.7. The van der Waals surface area contributed by atoms with Crippen LogP contribution < -0.4 is 15.6 Å². The first-order chi connectivity index (χ1) is 14.8. The Bertz CT molecular complexity index is 1210. The maximum atomic E-state index is 14.9. The third-order valence-corrected chi connectivity index (χ3v) is 4.58. The Kier molecular flexibility index (Phi) is 6.74. The molecule has 1 heterocycles. The second kappa shape index (κ2) is 9.47. The number of H-pyrrole nitrogens is 1. The molecule has 158 valence electrons. The number of carbonyl (C=O) groups is 2. The van der Waals surface area contributed by atoms with Crippen molar-refractivity contribution in [2.24, 2.45) is 0 Å². The van der Waals surface area contributed by atoms with Crippen molar-refractivity contribution in [1.29, 1.82) is 5.26 Å². The van der Waals surface area contributed by atoms with Gasteiger partial charge in [0.1, 0.15) is 5.75 Å². The lowest BCUT2D eigenvalue weighted by molar-refractivity contribution is -0.121. The molecule has 0 spiro atoms. The number of aromatic amines is 1. The van der Waals surface area contributed by atoms with Gasteiger partial charge in [0.05, 0.1) is 29.4 Å². The van der Waals surface area contributed by atoms with Crippen LogP contribution in [0.1, 0.15) is 27.3 Å². The van der Waals surface area contributed by atoms with Gasteiger partial charge in [0.2, 0.25) is 5.91 Å². The van der Waals surface area contributed by atoms with E-state index in [2.05, 4.69) is 20.8 Å². The van der Waals surface area contributed by atoms with Crippen LogP contribution in [0.4, 0.5) is 4.39 Å². The second-order valence-corrected chi connectivity index (χ2v) is 7.14. The fraction of sp³-hybridized carbons (Fsp3) is 0.100. The highest BCUT2D eigenvalue weighted by Gasteiger charge is 2.18. The zero-order chi connectivity index (χ0) is 22.5. The molecule has 3 N–H and O–H groups in total. The van der Waals surface area contributed by atoms with Crippen molar-refractivity contribution < 1.29 is 18.7 Å². The van der Waals surface area contributed by atoms with Crippen molar-refractivity contribution in [3.05, 3.63) is 75.0 Å². The first-order valence-corrected chi connectivity index (χ1v) is 9.48. The van der Waals surface area contributed by atoms with E-state index in [9.17, 15) is 14.0 Å². The van der Waals surface area contributed by atoms with Gasteiger partial charge in [-0.1, -0.05) is 29.3 Å². The normalized spacial score (nSPS) is 10.3. The lowest BCUT2D eigenvalue weighted by atomic mass is 10.1. The number of rotatable bonds is 5. The lowest BCUT2D eigenvalue weighted by Gasteiger charge is -2.13. The highest BCUT2D eigenvalue weighted by Crippen LogP contribution is 2.35. The van der Waals surface area contributed by atoms with Gasteiger partial charge in [0.15, 0.2) is 17.3 Å². The molecule has 8 nitrogen and oxygen atoms in total. The van der Waals surface area contributed by atoms with Gasteiger partial charge < -0.3 is 9.72 Å². The molecule has 0 bridgehead atoms. The lowest BCUT2D eigenvalue weighted by Crippen LogP contribution is -2.42. The van der Waals surface area contributed by atoms with Gasteiger partial charge in [-0.2, -0.15) is 5.26 Å². The standard InChI is InChI=1S/C20H14Cl2FN5O3/c1-10-18(26-9-25-10)20(30)28-27-16(29)6-12-2-3-15(22)19(17(12)23)31-14-5-11(8-24)4-13(21)7-14/h2-5,7,9H,6H2,1H3,(H,25,26)(H,27,29)(H,28,30). The maximum absolute atomic E-state index is 14.9. The summed E-state index contributed by atoms with van der Waals surface area (Å²) in [6.45, 7) is 1.65. The summed E-state index contributed by atoms with van der Waals surface area (Å²) in [5, 5.41) is 9.21. The zero-order valence-corrected chi connectivity index (χ0v) is 17.4. The number of nitrogens with one attached hydrogen (secondary N) is 3. The molecule has 0 unspecified atom stereocenters. The molecule has 3 aromatic rings. The molecule has 0 aliphatic rings. The number of ether oxygens (including phenoxy) is 1. The Morgan fingerprint density at radius 3 is 2.71 bits per heavy atom. The fourth-order valence-corrected chi connectivity index (χ4v) is 3.01. The number of hydrogen-bond acceptors (Lipinski definition) is 5. The van der Waals surface area contributed by atoms with E-state index in [0.717, 1.165) is 0 Å². The minimum Gasteiger partial charge on any atom is -0.453 e. The largest absolute Gasteiger partial charge is 0.453 e. The van der Waals surface area contributed by atoms with E-state index in [-0.39, 0.29) is 38.4 Å². The highest BCUT2D eigenvalue weighted by molar-refractivity contribution is 6.32. The Labute approximate surface area is 185 Å². The number of imidazole rings is 1. The molecule has 0 atom stereocenters. The smallest absolute Gasteiger partial charge is 0.290 e. The fourth-order valence-electron chi connectivity index (χ4n) is 2.60. The van der Waals surface area contributed by atoms with Gasteiger partial charge in [0, 0.05) is 16.3 Å². The maximum Gasteiger partial charge on any atom is 0.290 e. The molecule has 0 fully saturated rings. The van der Waals surface area contributed by atoms with E-state index >= 15 is 0 Å². The predicted molar refractivity (Wildman–Crippen MR) is 110 cm³/mol. The molecular formula is C20H14Cl2FN5O3. The van der Waals surface area contributed by atoms with Crippen LogP contribution in [0.15, 0.2) is 36.7 Å². The van der Waals surface area contributed by atoms with E-state index in [1.165, 1.54) is 36.7 Å². The average Bonchev–Trinajstić information content (AvgIpc) is 3.17. The van der Waals surface area contributed by atoms with Gasteiger partial charge in [-0.15, -0.1) is 0 Å². The summed E-state index contributed by atoms with van der Waals surface area (Å²) < 4.78 is 20.4. The van der Waals surface area contributed by atoms with Crippen LogP contribution in [-0.2, 0) is 11.2 Å². The molecule has 31 heavy (non-hydrogen) atoms. The van der Waals surface area contributed by atoms with Crippen LogP contribution in [-0.4, -0.2) is 21.8 Å². The number of benzene rings is 2. The third-order valence-electron chi connectivity index (χ3n) is 4.06. The van der Waals surface area contributed by atoms with Crippen molar-refractivity contribution >= 4 is 35.0 Å². The van der Waals surface area contributed by atoms with Gasteiger partial charge in [-0.05, 0) is 31.2 Å². The van der Waals surface area contributed by atoms with Crippen molar-refractivity contribution in [3.63, 3.8) is 0 Å². The van der Waals surface area contributed by atoms with Gasteiger partial charge >= 0.3 is 0 Å². The summed E-state index contributed by atoms with van der Waals surface area (Å²) >= 11 is 12.0. The van der Waals surface area contributed by atoms with E-state index < -0.39 is 24.1 Å². The van der Waals surface area contributed by atoms with E-state index in [1.807, 2.05) is 6.07 Å². The van der Waals surface area contributed by atoms with Crippen molar-refractivity contribution in [2.45, 2.75) is 13.3 Å². The highest BCUT2D eigenvalue weighted by atomic mass is 35.5. The number of carbonyl (C=O) groups excluding carboxylic acids is 2. The molecule has 0 aliphatic heterocycles. The monoisotopic (exact) mass is 461 g/mol. The summed E-state index contributed by atoms with van der Waals surface area (Å²) in [7, 11) is 0. The Morgan fingerprint density at radius 1 is 1.26 bits per heavy atom. The van der Waals surface area contributed by atoms with Crippen LogP contribution in [0.2, 0.25) is 10.0 Å². The van der Waals surface area contributed by atoms with Crippen molar-refractivity contribution in [1.82, 2.24) is 20.8 Å². The topological polar surface area (TPSA) is 120 Å². The molecule has 0 aliphatic carbocycles. The van der Waals surface area contributed by atoms with Crippen LogP contribution in [0.3, 0.4) is 0 Å². The minimum absolute atomic E-state index is 0.0235. The van der Waals surface area contributed by atoms with E-state index in [0.29, 0.717) is 5.69 Å². The zero-order valence-electron chi connectivity index (χ0n) is 15.9. The number of nitriles is 1. The molecular weight excluding hydrogens is 448 g/mol. The average molecular weight is 462 g/mol. The number of nitrogens with zero attached hydrogens (tertiary/aromatic N) is 2. The molecule has 2 amide bonds. The second-order valence-electron chi connectivity index (χ2n) is 6.29. The Balaban J connectivity index is 1.72. The van der Waals surface area contributed by atoms with Crippen LogP contribution in [0.5, 0.6) is 11.5 Å². The number of amides is 2. The molecule has 0 saturated carbocycles. The molecule has 0 saturated heterocycles. The van der Waals surface area contributed by atoms with E-state index in [1.54, 1.807) is 6.92 Å². The first-order valence-electron chi connectivity index (χ1n) is 8.73. The number of aromatic nitrogens is 2. The molecule has 2 aromatic carbocycles. The van der Waals surface area contributed by atoms with Gasteiger partial charge in [-0.3, -0.25) is 20.4 Å². The molecule has 11 heteroatoms. The Morgan fingerprint density at radius 2 is 2.03 bits per heavy atom. The summed E-state index contributed by atoms with van der Waals surface area (Å²) in [6, 6.07) is 8.78. The number of halogens is 3. The minimum atomic E-state index is -0.865. The third kappa shape index (κ3) is 5.31. The SMILES string of the molecule is Cc1[nH]cnc1C(=O)NNC(=O)Cc1ccc(Cl)c(Oc2cc(Cl)cc(C#N)c2)c1F. The number of aryl methyl sites for hydroxylation is 1. The van der Waals surface area contributed by atoms with Crippen molar-refractivity contribution in [3.8, 4) is 17.6 Å². The van der Waals surface area contributed by atoms with Gasteiger partial charge in [-0.25, -0.2) is 9.37 Å². The quantitative estimate of drug-likeness (QED) is 0.498. The van der Waals surface area contributed by atoms with Crippen molar-refractivity contribution in [2.75, 3.05) is 0 Å². The Hall–Kier alpha value is -3.61. The summed E-state index contributed by atoms with van der Waals surface area (Å²) in [5.41, 5.74) is 5.24. The predicted octanol–water partition coefficient (Wildman–Crippen LogP) is 3.83. The molecule has 1 aromatic heterocycles. The first kappa shape index (κ1) is 22.1. The van der Waals surface area contributed by atoms with Crippen LogP contribution in [0, 0.1) is 24.1 Å². The van der Waals surface area contributed by atoms with E-state index in [4.69, 9.17) is 33.2 Å². The number of hydrogen-bond donors (Lipinski definition) is 3. The molecule has 0 radical (unpaired) electrons. The van der Waals surface area contributed by atoms with Crippen LogP contribution >= 0.6 is 23.2 Å². The number of hydrazine groups is 1. The molecule has 3 rings (SSSR count). The summed E-state index contributed by atoms with van der Waals surface area (Å²) in [6.07, 6.45) is 0.939. The van der Waals surface area contributed by atoms with Crippen LogP contribution in [0.25, 0.3) is 0 Å². The van der Waals surface area contributed by atoms with Gasteiger partial charge in [0.25, 0.3) is 5.91 Å². The summed E-state index contributed by atoms with van der Waals surface area (Å²) in [5.74, 6) is -2.39.